The van der Waals surface area contributed by atoms with E-state index in [1.807, 2.05) is 0 Å². The van der Waals surface area contributed by atoms with Gasteiger partial charge in [-0.3, -0.25) is 9.36 Å². The second-order valence-electron chi connectivity index (χ2n) is 3.84. The Bertz CT molecular complexity index is 638. The predicted octanol–water partition coefficient (Wildman–Crippen LogP) is 2.38. The molecule has 1 aliphatic rings. The monoisotopic (exact) mass is 282 g/mol. The molecule has 5 heteroatoms. The first kappa shape index (κ1) is 9.96. The van der Waals surface area contributed by atoms with Crippen LogP contribution in [0.2, 0.25) is 0 Å². The zero-order valence-corrected chi connectivity index (χ0v) is 9.87. The van der Waals surface area contributed by atoms with Gasteiger partial charge >= 0.3 is 0 Å². The van der Waals surface area contributed by atoms with Crippen LogP contribution in [0.15, 0.2) is 23.0 Å². The Hall–Kier alpha value is -1.23. The van der Waals surface area contributed by atoms with Gasteiger partial charge in [0.05, 0.1) is 15.7 Å². The van der Waals surface area contributed by atoms with Crippen molar-refractivity contribution >= 4 is 26.8 Å². The minimum absolute atomic E-state index is 0.120. The summed E-state index contributed by atoms with van der Waals surface area (Å²) in [5, 5.41) is 0.352. The van der Waals surface area contributed by atoms with Gasteiger partial charge in [-0.2, -0.15) is 0 Å². The molecule has 2 heterocycles. The number of hydrogen-bond acceptors (Lipinski definition) is 2. The van der Waals surface area contributed by atoms with Gasteiger partial charge in [-0.15, -0.1) is 0 Å². The fraction of sp³-hybridized carbons (Fsp3) is 0.273. The smallest absolute Gasteiger partial charge is 0.261 e. The number of rotatable bonds is 0. The Balaban J connectivity index is 2.44. The summed E-state index contributed by atoms with van der Waals surface area (Å²) in [6.07, 6.45) is 0.848. The largest absolute Gasteiger partial charge is 0.295 e. The third-order valence-electron chi connectivity index (χ3n) is 2.83. The SMILES string of the molecule is O=c1c2cc(F)ccc2nc2n1CC[C@@H]2Br. The molecular weight excluding hydrogens is 275 g/mol. The van der Waals surface area contributed by atoms with Crippen molar-refractivity contribution < 1.29 is 4.39 Å². The summed E-state index contributed by atoms with van der Waals surface area (Å²) >= 11 is 3.48. The summed E-state index contributed by atoms with van der Waals surface area (Å²) in [7, 11) is 0. The highest BCUT2D eigenvalue weighted by Gasteiger charge is 2.23. The van der Waals surface area contributed by atoms with Crippen molar-refractivity contribution in [2.45, 2.75) is 17.8 Å². The highest BCUT2D eigenvalue weighted by Crippen LogP contribution is 2.31. The van der Waals surface area contributed by atoms with Crippen LogP contribution in [0.3, 0.4) is 0 Å². The van der Waals surface area contributed by atoms with Gasteiger partial charge in [0.1, 0.15) is 11.6 Å². The van der Waals surface area contributed by atoms with Crippen LogP contribution in [0.1, 0.15) is 17.1 Å². The topological polar surface area (TPSA) is 34.9 Å². The molecule has 0 unspecified atom stereocenters. The standard InChI is InChI=1S/C11H8BrFN2O/c12-8-3-4-15-10(8)14-9-2-1-6(13)5-7(9)11(15)16/h1-2,5,8H,3-4H2/t8-/m0/s1. The third kappa shape index (κ3) is 1.31. The van der Waals surface area contributed by atoms with E-state index in [-0.39, 0.29) is 10.4 Å². The van der Waals surface area contributed by atoms with E-state index in [0.717, 1.165) is 12.2 Å². The summed E-state index contributed by atoms with van der Waals surface area (Å²) in [5.74, 6) is 0.337. The van der Waals surface area contributed by atoms with E-state index in [0.29, 0.717) is 17.4 Å². The molecule has 0 radical (unpaired) electrons. The Morgan fingerprint density at radius 2 is 2.31 bits per heavy atom. The first-order valence-corrected chi connectivity index (χ1v) is 5.92. The number of benzene rings is 1. The minimum atomic E-state index is -0.402. The highest BCUT2D eigenvalue weighted by molar-refractivity contribution is 9.09. The summed E-state index contributed by atoms with van der Waals surface area (Å²) in [6.45, 7) is 0.642. The van der Waals surface area contributed by atoms with E-state index in [4.69, 9.17) is 0 Å². The fourth-order valence-corrected chi connectivity index (χ4v) is 2.59. The van der Waals surface area contributed by atoms with Crippen LogP contribution < -0.4 is 5.56 Å². The lowest BCUT2D eigenvalue weighted by atomic mass is 10.2. The van der Waals surface area contributed by atoms with Crippen LogP contribution in [0.4, 0.5) is 4.39 Å². The van der Waals surface area contributed by atoms with Crippen LogP contribution in [-0.2, 0) is 6.54 Å². The summed E-state index contributed by atoms with van der Waals surface area (Å²) in [6, 6.07) is 4.12. The van der Waals surface area contributed by atoms with Gasteiger partial charge in [-0.25, -0.2) is 9.37 Å². The Kier molecular flexibility index (Phi) is 2.10. The van der Waals surface area contributed by atoms with E-state index in [2.05, 4.69) is 20.9 Å². The van der Waals surface area contributed by atoms with E-state index in [1.54, 1.807) is 10.6 Å². The number of alkyl halides is 1. The van der Waals surface area contributed by atoms with E-state index < -0.39 is 5.82 Å². The van der Waals surface area contributed by atoms with Crippen LogP contribution in [-0.4, -0.2) is 9.55 Å². The van der Waals surface area contributed by atoms with Crippen molar-refractivity contribution in [3.63, 3.8) is 0 Å². The molecule has 1 aromatic carbocycles. The van der Waals surface area contributed by atoms with Gasteiger partial charge in [0.2, 0.25) is 0 Å². The fourth-order valence-electron chi connectivity index (χ4n) is 2.04. The average Bonchev–Trinajstić information content (AvgIpc) is 2.63. The molecule has 16 heavy (non-hydrogen) atoms. The first-order valence-electron chi connectivity index (χ1n) is 5.01. The molecule has 0 saturated heterocycles. The molecule has 3 rings (SSSR count). The molecule has 0 spiro atoms. The maximum absolute atomic E-state index is 13.1. The second-order valence-corrected chi connectivity index (χ2v) is 4.95. The minimum Gasteiger partial charge on any atom is -0.295 e. The number of hydrogen-bond donors (Lipinski definition) is 0. The molecule has 0 saturated carbocycles. The maximum atomic E-state index is 13.1. The van der Waals surface area contributed by atoms with E-state index in [1.165, 1.54) is 12.1 Å². The van der Waals surface area contributed by atoms with Crippen molar-refractivity contribution in [2.24, 2.45) is 0 Å². The molecule has 2 aromatic rings. The molecule has 3 nitrogen and oxygen atoms in total. The van der Waals surface area contributed by atoms with Crippen molar-refractivity contribution in [2.75, 3.05) is 0 Å². The molecule has 0 fully saturated rings. The molecule has 0 amide bonds. The molecule has 82 valence electrons. The van der Waals surface area contributed by atoms with Gasteiger partial charge in [0, 0.05) is 6.54 Å². The van der Waals surface area contributed by atoms with Gasteiger partial charge in [0.25, 0.3) is 5.56 Å². The Labute approximate surface area is 99.0 Å². The first-order chi connectivity index (χ1) is 7.66. The normalized spacial score (nSPS) is 19.0. The number of fused-ring (bicyclic) bond motifs is 2. The van der Waals surface area contributed by atoms with Crippen molar-refractivity contribution in [3.8, 4) is 0 Å². The van der Waals surface area contributed by atoms with Crippen LogP contribution in [0.5, 0.6) is 0 Å². The lowest BCUT2D eigenvalue weighted by Gasteiger charge is -2.05. The molecule has 0 N–H and O–H groups in total. The van der Waals surface area contributed by atoms with Crippen LogP contribution >= 0.6 is 15.9 Å². The van der Waals surface area contributed by atoms with E-state index in [9.17, 15) is 9.18 Å². The van der Waals surface area contributed by atoms with Gasteiger partial charge in [-0.1, -0.05) is 15.9 Å². The quantitative estimate of drug-likeness (QED) is 0.696. The number of nitrogens with zero attached hydrogens (tertiary/aromatic N) is 2. The lowest BCUT2D eigenvalue weighted by molar-refractivity contribution is 0.628. The molecule has 1 aromatic heterocycles. The molecule has 1 aliphatic heterocycles. The average molecular weight is 283 g/mol. The van der Waals surface area contributed by atoms with Crippen molar-refractivity contribution in [3.05, 3.63) is 40.2 Å². The third-order valence-corrected chi connectivity index (χ3v) is 3.70. The Morgan fingerprint density at radius 1 is 1.50 bits per heavy atom. The Morgan fingerprint density at radius 3 is 3.12 bits per heavy atom. The van der Waals surface area contributed by atoms with Crippen LogP contribution in [0, 0.1) is 5.82 Å². The zero-order valence-electron chi connectivity index (χ0n) is 8.28. The predicted molar refractivity (Wildman–Crippen MR) is 62.2 cm³/mol. The molecular formula is C11H8BrFN2O. The van der Waals surface area contributed by atoms with Gasteiger partial charge in [0.15, 0.2) is 0 Å². The number of aromatic nitrogens is 2. The molecule has 0 bridgehead atoms. The van der Waals surface area contributed by atoms with Gasteiger partial charge in [-0.05, 0) is 24.6 Å². The van der Waals surface area contributed by atoms with Crippen molar-refractivity contribution in [1.82, 2.24) is 9.55 Å². The maximum Gasteiger partial charge on any atom is 0.261 e. The second kappa shape index (κ2) is 3.38. The highest BCUT2D eigenvalue weighted by atomic mass is 79.9. The molecule has 0 aliphatic carbocycles. The summed E-state index contributed by atoms with van der Waals surface area (Å²) in [4.78, 5) is 16.6. The zero-order chi connectivity index (χ0) is 11.3. The van der Waals surface area contributed by atoms with Crippen molar-refractivity contribution in [1.29, 1.82) is 0 Å². The summed E-state index contributed by atoms with van der Waals surface area (Å²) < 4.78 is 14.7. The lowest BCUT2D eigenvalue weighted by Crippen LogP contribution is -2.21. The van der Waals surface area contributed by atoms with E-state index >= 15 is 0 Å². The molecule has 1 atom stereocenters. The van der Waals surface area contributed by atoms with Gasteiger partial charge < -0.3 is 0 Å². The number of halogens is 2. The summed E-state index contributed by atoms with van der Waals surface area (Å²) in [5.41, 5.74) is 0.408. The van der Waals surface area contributed by atoms with Crippen LogP contribution in [0.25, 0.3) is 10.9 Å².